The third kappa shape index (κ3) is 4.86. The molecule has 1 fully saturated rings. The lowest BCUT2D eigenvalue weighted by Crippen LogP contribution is -2.36. The van der Waals surface area contributed by atoms with E-state index in [0.29, 0.717) is 11.3 Å². The van der Waals surface area contributed by atoms with E-state index in [2.05, 4.69) is 10.2 Å². The van der Waals surface area contributed by atoms with E-state index in [0.717, 1.165) is 37.6 Å². The monoisotopic (exact) mass is 368 g/mol. The van der Waals surface area contributed by atoms with Crippen LogP contribution in [0, 0.1) is 6.92 Å². The summed E-state index contributed by atoms with van der Waals surface area (Å²) in [6, 6.07) is 14.8. The first-order chi connectivity index (χ1) is 13.0. The van der Waals surface area contributed by atoms with Crippen molar-refractivity contribution in [1.29, 1.82) is 0 Å². The van der Waals surface area contributed by atoms with Crippen LogP contribution in [0.5, 0.6) is 0 Å². The summed E-state index contributed by atoms with van der Waals surface area (Å²) in [6.45, 7) is 6.56. The molecular weight excluding hydrogens is 344 g/mol. The third-order valence-electron chi connectivity index (χ3n) is 4.53. The predicted octanol–water partition coefficient (Wildman–Crippen LogP) is 3.02. The van der Waals surface area contributed by atoms with Crippen LogP contribution < -0.4 is 10.2 Å². The zero-order valence-corrected chi connectivity index (χ0v) is 15.6. The highest BCUT2D eigenvalue weighted by Gasteiger charge is 2.20. The van der Waals surface area contributed by atoms with E-state index in [9.17, 15) is 9.59 Å². The number of morpholine rings is 1. The summed E-state index contributed by atoms with van der Waals surface area (Å²) in [6.07, 6.45) is -0.893. The summed E-state index contributed by atoms with van der Waals surface area (Å²) >= 11 is 0. The van der Waals surface area contributed by atoms with Crippen LogP contribution in [0.4, 0.5) is 11.4 Å². The van der Waals surface area contributed by atoms with Crippen molar-refractivity contribution in [2.24, 2.45) is 0 Å². The van der Waals surface area contributed by atoms with E-state index < -0.39 is 12.1 Å². The Balaban J connectivity index is 1.56. The molecule has 1 aliphatic heterocycles. The Morgan fingerprint density at radius 2 is 1.74 bits per heavy atom. The zero-order chi connectivity index (χ0) is 19.2. The fourth-order valence-corrected chi connectivity index (χ4v) is 2.90. The number of nitrogens with one attached hydrogen (secondary N) is 1. The lowest BCUT2D eigenvalue weighted by molar-refractivity contribution is -0.123. The Kier molecular flexibility index (Phi) is 6.08. The van der Waals surface area contributed by atoms with E-state index in [1.807, 2.05) is 43.3 Å². The second-order valence-corrected chi connectivity index (χ2v) is 6.50. The third-order valence-corrected chi connectivity index (χ3v) is 4.53. The van der Waals surface area contributed by atoms with Crippen LogP contribution >= 0.6 is 0 Å². The Bertz CT molecular complexity index is 798. The standard InChI is InChI=1S/C21H24N2O4/c1-15-5-3-4-6-19(15)21(25)27-16(2)20(24)22-17-7-9-18(10-8-17)23-11-13-26-14-12-23/h3-10,16H,11-14H2,1-2H3,(H,22,24)/t16-/m0/s1. The highest BCUT2D eigenvalue weighted by Crippen LogP contribution is 2.19. The summed E-state index contributed by atoms with van der Waals surface area (Å²) in [7, 11) is 0. The number of ether oxygens (including phenoxy) is 2. The molecule has 2 aromatic rings. The SMILES string of the molecule is Cc1ccccc1C(=O)O[C@@H](C)C(=O)Nc1ccc(N2CCOCC2)cc1. The van der Waals surface area contributed by atoms with Crippen LogP contribution in [-0.2, 0) is 14.3 Å². The van der Waals surface area contributed by atoms with E-state index in [4.69, 9.17) is 9.47 Å². The van der Waals surface area contributed by atoms with Gasteiger partial charge in [-0.25, -0.2) is 4.79 Å². The second kappa shape index (κ2) is 8.68. The quantitative estimate of drug-likeness (QED) is 0.822. The van der Waals surface area contributed by atoms with Crippen molar-refractivity contribution in [2.45, 2.75) is 20.0 Å². The molecule has 6 nitrogen and oxygen atoms in total. The van der Waals surface area contributed by atoms with Crippen LogP contribution in [-0.4, -0.2) is 44.3 Å². The highest BCUT2D eigenvalue weighted by molar-refractivity contribution is 5.97. The van der Waals surface area contributed by atoms with E-state index in [-0.39, 0.29) is 5.91 Å². The van der Waals surface area contributed by atoms with Crippen LogP contribution in [0.3, 0.4) is 0 Å². The van der Waals surface area contributed by atoms with Crippen molar-refractivity contribution in [3.63, 3.8) is 0 Å². The molecule has 0 radical (unpaired) electrons. The van der Waals surface area contributed by atoms with Gasteiger partial charge in [0.1, 0.15) is 0 Å². The molecule has 1 atom stereocenters. The fraction of sp³-hybridized carbons (Fsp3) is 0.333. The van der Waals surface area contributed by atoms with Gasteiger partial charge in [0.25, 0.3) is 5.91 Å². The van der Waals surface area contributed by atoms with E-state index in [1.165, 1.54) is 0 Å². The minimum Gasteiger partial charge on any atom is -0.449 e. The summed E-state index contributed by atoms with van der Waals surface area (Å²) < 4.78 is 10.7. The largest absolute Gasteiger partial charge is 0.449 e. The van der Waals surface area contributed by atoms with Gasteiger partial charge in [0.2, 0.25) is 0 Å². The summed E-state index contributed by atoms with van der Waals surface area (Å²) in [5.74, 6) is -0.866. The summed E-state index contributed by atoms with van der Waals surface area (Å²) in [5.41, 5.74) is 3.03. The van der Waals surface area contributed by atoms with Crippen molar-refractivity contribution in [2.75, 3.05) is 36.5 Å². The average Bonchev–Trinajstić information content (AvgIpc) is 2.69. The molecule has 0 spiro atoms. The van der Waals surface area contributed by atoms with Gasteiger partial charge in [-0.3, -0.25) is 4.79 Å². The Morgan fingerprint density at radius 1 is 1.07 bits per heavy atom. The van der Waals surface area contributed by atoms with Gasteiger partial charge in [-0.1, -0.05) is 18.2 Å². The molecule has 0 aliphatic carbocycles. The molecule has 6 heteroatoms. The maximum atomic E-state index is 12.3. The first-order valence-electron chi connectivity index (χ1n) is 9.05. The van der Waals surface area contributed by atoms with Gasteiger partial charge < -0.3 is 19.7 Å². The van der Waals surface area contributed by atoms with Crippen LogP contribution in [0.2, 0.25) is 0 Å². The molecule has 1 saturated heterocycles. The number of aryl methyl sites for hydroxylation is 1. The Hall–Kier alpha value is -2.86. The topological polar surface area (TPSA) is 67.9 Å². The van der Waals surface area contributed by atoms with Crippen molar-refractivity contribution in [1.82, 2.24) is 0 Å². The minimum absolute atomic E-state index is 0.365. The maximum Gasteiger partial charge on any atom is 0.339 e. The lowest BCUT2D eigenvalue weighted by Gasteiger charge is -2.28. The number of hydrogen-bond donors (Lipinski definition) is 1. The van der Waals surface area contributed by atoms with Gasteiger partial charge in [0, 0.05) is 24.5 Å². The molecule has 0 unspecified atom stereocenters. The molecule has 142 valence electrons. The number of nitrogens with zero attached hydrogens (tertiary/aromatic N) is 1. The van der Waals surface area contributed by atoms with Gasteiger partial charge in [-0.15, -0.1) is 0 Å². The van der Waals surface area contributed by atoms with Crippen LogP contribution in [0.15, 0.2) is 48.5 Å². The van der Waals surface area contributed by atoms with Crippen LogP contribution in [0.25, 0.3) is 0 Å². The molecule has 0 bridgehead atoms. The predicted molar refractivity (Wildman–Crippen MR) is 104 cm³/mol. The average molecular weight is 368 g/mol. The number of esters is 1. The number of anilines is 2. The number of hydrogen-bond acceptors (Lipinski definition) is 5. The van der Waals surface area contributed by atoms with Crippen molar-refractivity contribution < 1.29 is 19.1 Å². The van der Waals surface area contributed by atoms with Gasteiger partial charge in [0.15, 0.2) is 6.10 Å². The smallest absolute Gasteiger partial charge is 0.339 e. The van der Waals surface area contributed by atoms with Gasteiger partial charge in [-0.2, -0.15) is 0 Å². The maximum absolute atomic E-state index is 12.3. The van der Waals surface area contributed by atoms with Gasteiger partial charge >= 0.3 is 5.97 Å². The molecule has 2 aromatic carbocycles. The molecule has 0 aromatic heterocycles. The van der Waals surface area contributed by atoms with Crippen molar-refractivity contribution in [3.05, 3.63) is 59.7 Å². The van der Waals surface area contributed by atoms with Crippen LogP contribution in [0.1, 0.15) is 22.8 Å². The number of benzene rings is 2. The number of carbonyl (C=O) groups is 2. The van der Waals surface area contributed by atoms with E-state index in [1.54, 1.807) is 19.1 Å². The zero-order valence-electron chi connectivity index (χ0n) is 15.6. The van der Waals surface area contributed by atoms with Crippen molar-refractivity contribution in [3.8, 4) is 0 Å². The Labute approximate surface area is 159 Å². The minimum atomic E-state index is -0.893. The molecular formula is C21H24N2O4. The van der Waals surface area contributed by atoms with Gasteiger partial charge in [0.05, 0.1) is 18.8 Å². The first kappa shape index (κ1) is 18.9. The second-order valence-electron chi connectivity index (χ2n) is 6.50. The highest BCUT2D eigenvalue weighted by atomic mass is 16.5. The fourth-order valence-electron chi connectivity index (χ4n) is 2.90. The van der Waals surface area contributed by atoms with Gasteiger partial charge in [-0.05, 0) is 49.7 Å². The molecule has 0 saturated carbocycles. The summed E-state index contributed by atoms with van der Waals surface area (Å²) in [4.78, 5) is 26.8. The van der Waals surface area contributed by atoms with E-state index >= 15 is 0 Å². The number of amides is 1. The number of carbonyl (C=O) groups excluding carboxylic acids is 2. The summed E-state index contributed by atoms with van der Waals surface area (Å²) in [5, 5.41) is 2.78. The molecule has 1 amide bonds. The molecule has 1 aliphatic rings. The molecule has 1 heterocycles. The normalized spacial score (nSPS) is 15.1. The lowest BCUT2D eigenvalue weighted by atomic mass is 10.1. The molecule has 27 heavy (non-hydrogen) atoms. The van der Waals surface area contributed by atoms with Crippen molar-refractivity contribution >= 4 is 23.3 Å². The first-order valence-corrected chi connectivity index (χ1v) is 9.05. The molecule has 1 N–H and O–H groups in total. The number of rotatable bonds is 5. The Morgan fingerprint density at radius 3 is 2.41 bits per heavy atom. The molecule has 3 rings (SSSR count).